The minimum Gasteiger partial charge on any atom is -0.385 e. The molecule has 1 heterocycles. The molecular formula is C8H15N3O2. The Morgan fingerprint density at radius 3 is 3.08 bits per heavy atom. The molecule has 0 saturated carbocycles. The van der Waals surface area contributed by atoms with Gasteiger partial charge in [-0.2, -0.15) is 4.98 Å². The highest BCUT2D eigenvalue weighted by Gasteiger charge is 2.03. The van der Waals surface area contributed by atoms with Crippen molar-refractivity contribution in [3.8, 4) is 0 Å². The molecular weight excluding hydrogens is 170 g/mol. The number of aryl methyl sites for hydroxylation is 1. The van der Waals surface area contributed by atoms with Crippen molar-refractivity contribution < 1.29 is 9.26 Å². The monoisotopic (exact) mass is 185 g/mol. The smallest absolute Gasteiger partial charge is 0.226 e. The van der Waals surface area contributed by atoms with Gasteiger partial charge in [0.2, 0.25) is 5.89 Å². The summed E-state index contributed by atoms with van der Waals surface area (Å²) >= 11 is 0. The van der Waals surface area contributed by atoms with Gasteiger partial charge in [-0.05, 0) is 13.5 Å². The van der Waals surface area contributed by atoms with Gasteiger partial charge in [-0.3, -0.25) is 0 Å². The van der Waals surface area contributed by atoms with Crippen LogP contribution in [0.5, 0.6) is 0 Å². The van der Waals surface area contributed by atoms with E-state index in [-0.39, 0.29) is 0 Å². The van der Waals surface area contributed by atoms with Crippen LogP contribution < -0.4 is 5.32 Å². The van der Waals surface area contributed by atoms with Gasteiger partial charge in [0.05, 0.1) is 6.54 Å². The molecule has 1 aromatic rings. The first-order chi connectivity index (χ1) is 6.36. The number of methoxy groups -OCH3 is 1. The third kappa shape index (κ3) is 3.52. The lowest BCUT2D eigenvalue weighted by molar-refractivity contribution is 0.192. The maximum Gasteiger partial charge on any atom is 0.226 e. The predicted octanol–water partition coefficient (Wildman–Crippen LogP) is 0.368. The Hall–Kier alpha value is -0.940. The van der Waals surface area contributed by atoms with Crippen molar-refractivity contribution in [3.05, 3.63) is 11.7 Å². The van der Waals surface area contributed by atoms with E-state index in [1.807, 2.05) is 7.05 Å². The Morgan fingerprint density at radius 2 is 2.38 bits per heavy atom. The van der Waals surface area contributed by atoms with E-state index in [0.29, 0.717) is 18.3 Å². The van der Waals surface area contributed by atoms with Crippen molar-refractivity contribution in [2.75, 3.05) is 20.8 Å². The summed E-state index contributed by atoms with van der Waals surface area (Å²) in [6, 6.07) is 0. The number of aromatic nitrogens is 2. The first-order valence-electron chi connectivity index (χ1n) is 4.32. The van der Waals surface area contributed by atoms with Crippen LogP contribution in [0.2, 0.25) is 0 Å². The van der Waals surface area contributed by atoms with Gasteiger partial charge in [-0.1, -0.05) is 5.16 Å². The average molecular weight is 185 g/mol. The molecule has 0 spiro atoms. The fourth-order valence-electron chi connectivity index (χ4n) is 0.989. The Labute approximate surface area is 77.5 Å². The summed E-state index contributed by atoms with van der Waals surface area (Å²) in [5, 5.41) is 6.75. The molecule has 0 aliphatic carbocycles. The second kappa shape index (κ2) is 5.66. The van der Waals surface area contributed by atoms with Gasteiger partial charge >= 0.3 is 0 Å². The highest BCUT2D eigenvalue weighted by Crippen LogP contribution is 2.00. The van der Waals surface area contributed by atoms with Crippen molar-refractivity contribution in [1.29, 1.82) is 0 Å². The molecule has 0 radical (unpaired) electrons. The lowest BCUT2D eigenvalue weighted by atomic mass is 10.3. The van der Waals surface area contributed by atoms with Crippen molar-refractivity contribution in [2.24, 2.45) is 0 Å². The van der Waals surface area contributed by atoms with Gasteiger partial charge in [0.25, 0.3) is 0 Å². The van der Waals surface area contributed by atoms with Crippen LogP contribution in [0.1, 0.15) is 18.1 Å². The van der Waals surface area contributed by atoms with Crippen LogP contribution in [-0.2, 0) is 17.7 Å². The number of nitrogens with one attached hydrogen (secondary N) is 1. The Kier molecular flexibility index (Phi) is 4.42. The zero-order valence-corrected chi connectivity index (χ0v) is 8.04. The second-order valence-corrected chi connectivity index (χ2v) is 2.73. The van der Waals surface area contributed by atoms with E-state index < -0.39 is 0 Å². The fraction of sp³-hybridized carbons (Fsp3) is 0.750. The summed E-state index contributed by atoms with van der Waals surface area (Å²) in [6.07, 6.45) is 1.70. The summed E-state index contributed by atoms with van der Waals surface area (Å²) in [5.74, 6) is 1.39. The number of ether oxygens (including phenoxy) is 1. The standard InChI is InChI=1S/C8H15N3O2/c1-9-6-7-10-8(13-11-7)4-3-5-12-2/h9H,3-6H2,1-2H3. The van der Waals surface area contributed by atoms with Crippen LogP contribution in [-0.4, -0.2) is 30.9 Å². The number of rotatable bonds is 6. The van der Waals surface area contributed by atoms with Gasteiger partial charge in [0.15, 0.2) is 5.82 Å². The summed E-state index contributed by atoms with van der Waals surface area (Å²) in [7, 11) is 3.53. The van der Waals surface area contributed by atoms with Crippen LogP contribution >= 0.6 is 0 Å². The van der Waals surface area contributed by atoms with Gasteiger partial charge in [0.1, 0.15) is 0 Å². The molecule has 74 valence electrons. The van der Waals surface area contributed by atoms with E-state index in [1.54, 1.807) is 7.11 Å². The predicted molar refractivity (Wildman–Crippen MR) is 47.3 cm³/mol. The van der Waals surface area contributed by atoms with E-state index in [9.17, 15) is 0 Å². The second-order valence-electron chi connectivity index (χ2n) is 2.73. The van der Waals surface area contributed by atoms with E-state index in [0.717, 1.165) is 19.4 Å². The van der Waals surface area contributed by atoms with Gasteiger partial charge in [-0.25, -0.2) is 0 Å². The molecule has 0 aromatic carbocycles. The van der Waals surface area contributed by atoms with E-state index >= 15 is 0 Å². The van der Waals surface area contributed by atoms with Crippen LogP contribution in [0.25, 0.3) is 0 Å². The molecule has 0 atom stereocenters. The maximum absolute atomic E-state index is 5.01. The summed E-state index contributed by atoms with van der Waals surface area (Å²) in [6.45, 7) is 1.37. The SMILES string of the molecule is CNCc1noc(CCCOC)n1. The molecule has 5 nitrogen and oxygen atoms in total. The quantitative estimate of drug-likeness (QED) is 0.649. The van der Waals surface area contributed by atoms with Crippen molar-refractivity contribution in [3.63, 3.8) is 0 Å². The van der Waals surface area contributed by atoms with Crippen LogP contribution in [0.4, 0.5) is 0 Å². The van der Waals surface area contributed by atoms with E-state index in [2.05, 4.69) is 15.5 Å². The molecule has 13 heavy (non-hydrogen) atoms. The zero-order valence-electron chi connectivity index (χ0n) is 8.04. The molecule has 1 N–H and O–H groups in total. The van der Waals surface area contributed by atoms with Crippen molar-refractivity contribution in [2.45, 2.75) is 19.4 Å². The molecule has 5 heteroatoms. The zero-order chi connectivity index (χ0) is 9.52. The molecule has 1 rings (SSSR count). The maximum atomic E-state index is 5.01. The molecule has 0 aliphatic heterocycles. The Bertz CT molecular complexity index is 237. The van der Waals surface area contributed by atoms with E-state index in [1.165, 1.54) is 0 Å². The summed E-state index contributed by atoms with van der Waals surface area (Å²) < 4.78 is 9.92. The topological polar surface area (TPSA) is 60.2 Å². The van der Waals surface area contributed by atoms with Crippen LogP contribution in [0.15, 0.2) is 4.52 Å². The van der Waals surface area contributed by atoms with Gasteiger partial charge in [-0.15, -0.1) is 0 Å². The third-order valence-corrected chi connectivity index (χ3v) is 1.58. The third-order valence-electron chi connectivity index (χ3n) is 1.58. The first-order valence-corrected chi connectivity index (χ1v) is 4.32. The molecule has 1 aromatic heterocycles. The molecule has 0 amide bonds. The Balaban J connectivity index is 2.31. The molecule has 0 bridgehead atoms. The summed E-state index contributed by atoms with van der Waals surface area (Å²) in [4.78, 5) is 4.18. The molecule has 0 aliphatic rings. The van der Waals surface area contributed by atoms with Crippen LogP contribution in [0, 0.1) is 0 Å². The Morgan fingerprint density at radius 1 is 1.54 bits per heavy atom. The van der Waals surface area contributed by atoms with E-state index in [4.69, 9.17) is 9.26 Å². The minimum absolute atomic E-state index is 0.647. The highest BCUT2D eigenvalue weighted by atomic mass is 16.5. The lowest BCUT2D eigenvalue weighted by Crippen LogP contribution is -2.06. The average Bonchev–Trinajstić information content (AvgIpc) is 2.54. The minimum atomic E-state index is 0.647. The highest BCUT2D eigenvalue weighted by molar-refractivity contribution is 4.85. The summed E-state index contributed by atoms with van der Waals surface area (Å²) in [5.41, 5.74) is 0. The van der Waals surface area contributed by atoms with Crippen molar-refractivity contribution in [1.82, 2.24) is 15.5 Å². The normalized spacial score (nSPS) is 10.6. The van der Waals surface area contributed by atoms with Gasteiger partial charge < -0.3 is 14.6 Å². The molecule has 0 unspecified atom stereocenters. The number of hydrogen-bond acceptors (Lipinski definition) is 5. The molecule has 0 fully saturated rings. The van der Waals surface area contributed by atoms with Gasteiger partial charge in [0, 0.05) is 20.1 Å². The fourth-order valence-corrected chi connectivity index (χ4v) is 0.989. The van der Waals surface area contributed by atoms with Crippen molar-refractivity contribution >= 4 is 0 Å². The number of nitrogens with zero attached hydrogens (tertiary/aromatic N) is 2. The lowest BCUT2D eigenvalue weighted by Gasteiger charge is -1.93. The molecule has 0 saturated heterocycles. The first kappa shape index (κ1) is 10.1. The number of hydrogen-bond donors (Lipinski definition) is 1. The van der Waals surface area contributed by atoms with Crippen LogP contribution in [0.3, 0.4) is 0 Å². The largest absolute Gasteiger partial charge is 0.385 e.